The molecule has 0 bridgehead atoms. The van der Waals surface area contributed by atoms with Crippen molar-refractivity contribution in [3.8, 4) is 5.75 Å². The van der Waals surface area contributed by atoms with Crippen LogP contribution in [0.1, 0.15) is 17.2 Å². The Labute approximate surface area is 125 Å². The molecule has 1 unspecified atom stereocenters. The van der Waals surface area contributed by atoms with Gasteiger partial charge in [0, 0.05) is 11.8 Å². The number of hydrazine groups is 1. The summed E-state index contributed by atoms with van der Waals surface area (Å²) in [5.41, 5.74) is 5.14. The van der Waals surface area contributed by atoms with Gasteiger partial charge >= 0.3 is 0 Å². The molecule has 0 fully saturated rings. The van der Waals surface area contributed by atoms with Gasteiger partial charge in [-0.2, -0.15) is 0 Å². The summed E-state index contributed by atoms with van der Waals surface area (Å²) in [5, 5.41) is 1.98. The summed E-state index contributed by atoms with van der Waals surface area (Å²) in [6, 6.07) is 7.93. The zero-order chi connectivity index (χ0) is 14.8. The molecule has 21 heavy (non-hydrogen) atoms. The Balaban J connectivity index is 2.10. The molecule has 1 atom stereocenters. The van der Waals surface area contributed by atoms with Gasteiger partial charge in [-0.3, -0.25) is 10.8 Å². The third-order valence-corrected chi connectivity index (χ3v) is 4.18. The van der Waals surface area contributed by atoms with Gasteiger partial charge in [0.15, 0.2) is 0 Å². The Morgan fingerprint density at radius 2 is 2.19 bits per heavy atom. The zero-order valence-corrected chi connectivity index (χ0v) is 12.2. The van der Waals surface area contributed by atoms with E-state index in [1.54, 1.807) is 30.7 Å². The number of nitrogens with zero attached hydrogens (tertiary/aromatic N) is 1. The maximum Gasteiger partial charge on any atom is 0.124 e. The van der Waals surface area contributed by atoms with E-state index in [0.29, 0.717) is 11.3 Å². The minimum absolute atomic E-state index is 0.337. The molecule has 0 aliphatic carbocycles. The van der Waals surface area contributed by atoms with Crippen LogP contribution in [-0.4, -0.2) is 12.1 Å². The van der Waals surface area contributed by atoms with Crippen LogP contribution in [0, 0.1) is 5.82 Å². The molecule has 0 saturated carbocycles. The Morgan fingerprint density at radius 3 is 2.95 bits per heavy atom. The topological polar surface area (TPSA) is 60.2 Å². The second kappa shape index (κ2) is 5.77. The van der Waals surface area contributed by atoms with Crippen molar-refractivity contribution in [3.63, 3.8) is 0 Å². The van der Waals surface area contributed by atoms with Gasteiger partial charge in [-0.1, -0.05) is 0 Å². The molecule has 2 heterocycles. The van der Waals surface area contributed by atoms with Crippen molar-refractivity contribution >= 4 is 21.6 Å². The number of aromatic nitrogens is 1. The van der Waals surface area contributed by atoms with Crippen molar-refractivity contribution in [2.75, 3.05) is 7.11 Å². The fraction of sp³-hybridized carbons (Fsp3) is 0.133. The lowest BCUT2D eigenvalue weighted by Gasteiger charge is -2.19. The number of rotatable bonds is 4. The Morgan fingerprint density at radius 1 is 1.33 bits per heavy atom. The van der Waals surface area contributed by atoms with Crippen molar-refractivity contribution in [1.82, 2.24) is 10.4 Å². The summed E-state index contributed by atoms with van der Waals surface area (Å²) in [7, 11) is 1.55. The van der Waals surface area contributed by atoms with Gasteiger partial charge in [0.1, 0.15) is 11.6 Å². The van der Waals surface area contributed by atoms with Crippen LogP contribution in [0.3, 0.4) is 0 Å². The molecule has 0 aliphatic heterocycles. The molecule has 4 nitrogen and oxygen atoms in total. The van der Waals surface area contributed by atoms with Crippen molar-refractivity contribution in [2.24, 2.45) is 5.84 Å². The summed E-state index contributed by atoms with van der Waals surface area (Å²) in [6.45, 7) is 0. The first-order valence-electron chi connectivity index (χ1n) is 6.35. The number of ether oxygens (including phenoxy) is 1. The van der Waals surface area contributed by atoms with Crippen LogP contribution in [0.4, 0.5) is 4.39 Å². The van der Waals surface area contributed by atoms with E-state index in [-0.39, 0.29) is 5.82 Å². The molecule has 0 spiro atoms. The van der Waals surface area contributed by atoms with E-state index in [1.165, 1.54) is 12.1 Å². The van der Waals surface area contributed by atoms with Crippen LogP contribution in [0.2, 0.25) is 0 Å². The summed E-state index contributed by atoms with van der Waals surface area (Å²) in [6.07, 6.45) is 1.74. The third-order valence-electron chi connectivity index (χ3n) is 3.33. The molecular formula is C15H14FN3OS. The van der Waals surface area contributed by atoms with Crippen LogP contribution >= 0.6 is 11.3 Å². The largest absolute Gasteiger partial charge is 0.496 e. The van der Waals surface area contributed by atoms with Crippen LogP contribution in [0.5, 0.6) is 5.75 Å². The van der Waals surface area contributed by atoms with Gasteiger partial charge in [0.25, 0.3) is 0 Å². The highest BCUT2D eigenvalue weighted by molar-refractivity contribution is 7.17. The first-order chi connectivity index (χ1) is 10.2. The predicted molar refractivity (Wildman–Crippen MR) is 81.7 cm³/mol. The predicted octanol–water partition coefficient (Wildman–Crippen LogP) is 3.00. The number of hydrogen-bond donors (Lipinski definition) is 2. The van der Waals surface area contributed by atoms with Crippen LogP contribution in [0.25, 0.3) is 10.2 Å². The minimum Gasteiger partial charge on any atom is -0.496 e. The standard InChI is InChI=1S/C15H14FN3OS/c1-20-13-3-2-10(16)7-11(13)15(19-17)9-6-14-12(18-8-9)4-5-21-14/h2-8,15,19H,17H2,1H3. The maximum atomic E-state index is 13.6. The number of halogens is 1. The fourth-order valence-electron chi connectivity index (χ4n) is 2.32. The van der Waals surface area contributed by atoms with E-state index in [4.69, 9.17) is 10.6 Å². The molecule has 6 heteroatoms. The summed E-state index contributed by atoms with van der Waals surface area (Å²) in [4.78, 5) is 4.39. The lowest BCUT2D eigenvalue weighted by Crippen LogP contribution is -2.29. The normalized spacial score (nSPS) is 12.5. The number of benzene rings is 1. The van der Waals surface area contributed by atoms with E-state index >= 15 is 0 Å². The van der Waals surface area contributed by atoms with Crippen molar-refractivity contribution in [1.29, 1.82) is 0 Å². The van der Waals surface area contributed by atoms with Crippen molar-refractivity contribution in [2.45, 2.75) is 6.04 Å². The summed E-state index contributed by atoms with van der Waals surface area (Å²) in [5.74, 6) is 5.92. The lowest BCUT2D eigenvalue weighted by atomic mass is 9.99. The second-order valence-electron chi connectivity index (χ2n) is 4.56. The molecule has 108 valence electrons. The molecule has 0 amide bonds. The quantitative estimate of drug-likeness (QED) is 0.574. The zero-order valence-electron chi connectivity index (χ0n) is 11.3. The number of hydrogen-bond acceptors (Lipinski definition) is 5. The Bertz CT molecular complexity index is 774. The molecule has 0 aliphatic rings. The van der Waals surface area contributed by atoms with Crippen LogP contribution in [-0.2, 0) is 0 Å². The second-order valence-corrected chi connectivity index (χ2v) is 5.51. The van der Waals surface area contributed by atoms with Gasteiger partial charge in [0.05, 0.1) is 23.4 Å². The highest BCUT2D eigenvalue weighted by Gasteiger charge is 2.19. The molecule has 3 rings (SSSR count). The average molecular weight is 303 g/mol. The molecular weight excluding hydrogens is 289 g/mol. The minimum atomic E-state index is -0.394. The molecule has 3 aromatic rings. The monoisotopic (exact) mass is 303 g/mol. The lowest BCUT2D eigenvalue weighted by molar-refractivity contribution is 0.402. The number of pyridine rings is 1. The number of nitrogens with one attached hydrogen (secondary N) is 1. The van der Waals surface area contributed by atoms with Crippen LogP contribution < -0.4 is 16.0 Å². The van der Waals surface area contributed by atoms with E-state index in [9.17, 15) is 4.39 Å². The number of fused-ring (bicyclic) bond motifs is 1. The first kappa shape index (κ1) is 13.9. The van der Waals surface area contributed by atoms with E-state index < -0.39 is 6.04 Å². The highest BCUT2D eigenvalue weighted by Crippen LogP contribution is 2.31. The fourth-order valence-corrected chi connectivity index (χ4v) is 3.11. The summed E-state index contributed by atoms with van der Waals surface area (Å²) >= 11 is 1.60. The van der Waals surface area contributed by atoms with E-state index in [1.807, 2.05) is 17.5 Å². The van der Waals surface area contributed by atoms with Crippen molar-refractivity contribution < 1.29 is 9.13 Å². The Kier molecular flexibility index (Phi) is 3.83. The molecule has 2 aromatic heterocycles. The van der Waals surface area contributed by atoms with Gasteiger partial charge in [-0.15, -0.1) is 11.3 Å². The molecule has 0 saturated heterocycles. The molecule has 0 radical (unpaired) electrons. The first-order valence-corrected chi connectivity index (χ1v) is 7.23. The van der Waals surface area contributed by atoms with Gasteiger partial charge in [0.2, 0.25) is 0 Å². The molecule has 3 N–H and O–H groups in total. The van der Waals surface area contributed by atoms with Gasteiger partial charge in [-0.25, -0.2) is 9.82 Å². The maximum absolute atomic E-state index is 13.6. The number of thiophene rings is 1. The van der Waals surface area contributed by atoms with Gasteiger partial charge in [-0.05, 0) is 41.3 Å². The van der Waals surface area contributed by atoms with E-state index in [2.05, 4.69) is 10.4 Å². The SMILES string of the molecule is COc1ccc(F)cc1C(NN)c1cnc2ccsc2c1. The van der Waals surface area contributed by atoms with Gasteiger partial charge < -0.3 is 4.74 Å². The van der Waals surface area contributed by atoms with Crippen LogP contribution in [0.15, 0.2) is 41.9 Å². The number of methoxy groups -OCH3 is 1. The highest BCUT2D eigenvalue weighted by atomic mass is 32.1. The smallest absolute Gasteiger partial charge is 0.124 e. The third kappa shape index (κ3) is 2.61. The van der Waals surface area contributed by atoms with E-state index in [0.717, 1.165) is 15.8 Å². The Hall–Kier alpha value is -2.02. The molecule has 1 aromatic carbocycles. The van der Waals surface area contributed by atoms with Crippen molar-refractivity contribution in [3.05, 3.63) is 58.9 Å². The summed E-state index contributed by atoms with van der Waals surface area (Å²) < 4.78 is 19.9. The average Bonchev–Trinajstić information content (AvgIpc) is 2.96. The number of nitrogens with two attached hydrogens (primary N) is 1.